The molecule has 2 saturated carbocycles. The first-order valence-corrected chi connectivity index (χ1v) is 7.92. The fraction of sp³-hybridized carbons (Fsp3) is 0.625. The predicted molar refractivity (Wildman–Crippen MR) is 78.3 cm³/mol. The second kappa shape index (κ2) is 4.88. The van der Waals surface area contributed by atoms with Gasteiger partial charge in [0.2, 0.25) is 0 Å². The summed E-state index contributed by atoms with van der Waals surface area (Å²) in [6, 6.07) is 6.51. The summed E-state index contributed by atoms with van der Waals surface area (Å²) in [5, 5.41) is 0. The number of methoxy groups -OCH3 is 1. The summed E-state index contributed by atoms with van der Waals surface area (Å²) in [6.45, 7) is 2.16. The van der Waals surface area contributed by atoms with Crippen LogP contribution in [0.2, 0.25) is 0 Å². The molecule has 3 unspecified atom stereocenters. The number of ether oxygens (including phenoxy) is 1. The lowest BCUT2D eigenvalue weighted by Crippen LogP contribution is -1.99. The Morgan fingerprint density at radius 3 is 2.50 bits per heavy atom. The van der Waals surface area contributed by atoms with E-state index in [2.05, 4.69) is 41.1 Å². The zero-order valence-electron chi connectivity index (χ0n) is 11.2. The highest BCUT2D eigenvalue weighted by Crippen LogP contribution is 2.63. The van der Waals surface area contributed by atoms with Crippen LogP contribution < -0.4 is 4.74 Å². The molecular weight excluding hydrogens is 288 g/mol. The van der Waals surface area contributed by atoms with Crippen molar-refractivity contribution in [3.63, 3.8) is 0 Å². The third kappa shape index (κ3) is 2.09. The third-order valence-corrected chi connectivity index (χ3v) is 5.85. The molecule has 2 heteroatoms. The van der Waals surface area contributed by atoms with E-state index < -0.39 is 0 Å². The number of alkyl halides is 1. The van der Waals surface area contributed by atoms with E-state index in [1.54, 1.807) is 7.11 Å². The zero-order valence-corrected chi connectivity index (χ0v) is 12.7. The van der Waals surface area contributed by atoms with Crippen LogP contribution in [0.4, 0.5) is 0 Å². The summed E-state index contributed by atoms with van der Waals surface area (Å²) in [5.74, 6) is 3.80. The normalized spacial score (nSPS) is 31.6. The fourth-order valence-electron chi connectivity index (χ4n) is 3.76. The van der Waals surface area contributed by atoms with Gasteiger partial charge in [0.15, 0.2) is 0 Å². The molecule has 0 saturated heterocycles. The van der Waals surface area contributed by atoms with Crippen LogP contribution in [-0.2, 0) is 0 Å². The summed E-state index contributed by atoms with van der Waals surface area (Å²) < 4.78 is 5.52. The summed E-state index contributed by atoms with van der Waals surface area (Å²) in [4.78, 5) is 0.473. The Morgan fingerprint density at radius 1 is 1.22 bits per heavy atom. The number of rotatable bonds is 3. The van der Waals surface area contributed by atoms with Crippen LogP contribution in [0.5, 0.6) is 5.75 Å². The summed E-state index contributed by atoms with van der Waals surface area (Å²) in [6.07, 6.45) is 5.74. The Labute approximate surface area is 118 Å². The highest BCUT2D eigenvalue weighted by Gasteiger charge is 2.54. The second-order valence-corrected chi connectivity index (χ2v) is 6.82. The second-order valence-electron chi connectivity index (χ2n) is 5.84. The van der Waals surface area contributed by atoms with E-state index in [1.165, 1.54) is 36.8 Å². The standard InChI is InChI=1S/C16H21BrO/c1-10-7-8-14(18-2)13(9-10)16(17)15-11-5-3-4-6-12(11)15/h7-9,11-12,15-16H,3-6H2,1-2H3. The maximum Gasteiger partial charge on any atom is 0.123 e. The first-order valence-electron chi connectivity index (χ1n) is 7.01. The first kappa shape index (κ1) is 12.5. The van der Waals surface area contributed by atoms with Crippen LogP contribution >= 0.6 is 15.9 Å². The van der Waals surface area contributed by atoms with Gasteiger partial charge in [-0.2, -0.15) is 0 Å². The Kier molecular flexibility index (Phi) is 3.40. The predicted octanol–water partition coefficient (Wildman–Crippen LogP) is 4.88. The molecule has 98 valence electrons. The smallest absolute Gasteiger partial charge is 0.123 e. The van der Waals surface area contributed by atoms with E-state index >= 15 is 0 Å². The molecule has 0 N–H and O–H groups in total. The number of benzene rings is 1. The molecule has 2 aliphatic carbocycles. The van der Waals surface area contributed by atoms with Crippen molar-refractivity contribution in [1.82, 2.24) is 0 Å². The van der Waals surface area contributed by atoms with Gasteiger partial charge in [0, 0.05) is 10.4 Å². The highest BCUT2D eigenvalue weighted by molar-refractivity contribution is 9.09. The minimum absolute atomic E-state index is 0.473. The minimum Gasteiger partial charge on any atom is -0.496 e. The monoisotopic (exact) mass is 308 g/mol. The van der Waals surface area contributed by atoms with Gasteiger partial charge in [-0.25, -0.2) is 0 Å². The minimum atomic E-state index is 0.473. The van der Waals surface area contributed by atoms with Crippen molar-refractivity contribution < 1.29 is 4.74 Å². The molecule has 3 rings (SSSR count). The molecule has 1 aromatic rings. The molecule has 0 radical (unpaired) electrons. The van der Waals surface area contributed by atoms with Crippen molar-refractivity contribution in [2.45, 2.75) is 37.4 Å². The molecule has 0 aromatic heterocycles. The van der Waals surface area contributed by atoms with Gasteiger partial charge < -0.3 is 4.74 Å². The maximum atomic E-state index is 5.52. The highest BCUT2D eigenvalue weighted by atomic mass is 79.9. The average Bonchev–Trinajstić information content (AvgIpc) is 3.12. The van der Waals surface area contributed by atoms with Gasteiger partial charge in [-0.05, 0) is 43.6 Å². The molecule has 3 atom stereocenters. The number of hydrogen-bond donors (Lipinski definition) is 0. The largest absolute Gasteiger partial charge is 0.496 e. The molecule has 1 nitrogen and oxygen atoms in total. The molecule has 18 heavy (non-hydrogen) atoms. The van der Waals surface area contributed by atoms with Crippen LogP contribution in [-0.4, -0.2) is 7.11 Å². The van der Waals surface area contributed by atoms with Crippen molar-refractivity contribution in [3.8, 4) is 5.75 Å². The lowest BCUT2D eigenvalue weighted by atomic mass is 10.0. The van der Waals surface area contributed by atoms with E-state index in [9.17, 15) is 0 Å². The Bertz CT molecular complexity index is 431. The van der Waals surface area contributed by atoms with Crippen LogP contribution in [0.3, 0.4) is 0 Å². The van der Waals surface area contributed by atoms with E-state index in [1.807, 2.05) is 0 Å². The topological polar surface area (TPSA) is 9.23 Å². The molecule has 0 bridgehead atoms. The van der Waals surface area contributed by atoms with E-state index in [4.69, 9.17) is 4.74 Å². The van der Waals surface area contributed by atoms with Gasteiger partial charge >= 0.3 is 0 Å². The molecule has 0 aliphatic heterocycles. The molecule has 0 spiro atoms. The van der Waals surface area contributed by atoms with E-state index in [0.29, 0.717) is 4.83 Å². The molecule has 2 aliphatic rings. The number of fused-ring (bicyclic) bond motifs is 1. The summed E-state index contributed by atoms with van der Waals surface area (Å²) in [5.41, 5.74) is 2.66. The van der Waals surface area contributed by atoms with Crippen LogP contribution in [0.15, 0.2) is 18.2 Å². The SMILES string of the molecule is COc1ccc(C)cc1C(Br)C1C2CCCCC21. The van der Waals surface area contributed by atoms with Crippen molar-refractivity contribution in [3.05, 3.63) is 29.3 Å². The Balaban J connectivity index is 1.84. The summed E-state index contributed by atoms with van der Waals surface area (Å²) >= 11 is 3.95. The zero-order chi connectivity index (χ0) is 12.7. The van der Waals surface area contributed by atoms with Gasteiger partial charge in [0.25, 0.3) is 0 Å². The maximum absolute atomic E-state index is 5.52. The van der Waals surface area contributed by atoms with Crippen molar-refractivity contribution in [1.29, 1.82) is 0 Å². The van der Waals surface area contributed by atoms with Crippen LogP contribution in [0.25, 0.3) is 0 Å². The average molecular weight is 309 g/mol. The van der Waals surface area contributed by atoms with Crippen LogP contribution in [0.1, 0.15) is 41.6 Å². The van der Waals surface area contributed by atoms with Gasteiger partial charge in [-0.1, -0.05) is 46.5 Å². The van der Waals surface area contributed by atoms with E-state index in [0.717, 1.165) is 23.5 Å². The Hall–Kier alpha value is -0.500. The van der Waals surface area contributed by atoms with Crippen molar-refractivity contribution >= 4 is 15.9 Å². The van der Waals surface area contributed by atoms with Crippen LogP contribution in [0, 0.1) is 24.7 Å². The van der Waals surface area contributed by atoms with Crippen molar-refractivity contribution in [2.24, 2.45) is 17.8 Å². The quantitative estimate of drug-likeness (QED) is 0.723. The first-order chi connectivity index (χ1) is 8.72. The third-order valence-electron chi connectivity index (χ3n) is 4.74. The summed E-state index contributed by atoms with van der Waals surface area (Å²) in [7, 11) is 1.77. The molecule has 0 amide bonds. The van der Waals surface area contributed by atoms with E-state index in [-0.39, 0.29) is 0 Å². The lowest BCUT2D eigenvalue weighted by Gasteiger charge is -2.15. The molecule has 2 fully saturated rings. The molecule has 1 aromatic carbocycles. The molecule has 0 heterocycles. The van der Waals surface area contributed by atoms with Gasteiger partial charge in [0.05, 0.1) is 7.11 Å². The van der Waals surface area contributed by atoms with Gasteiger partial charge in [-0.15, -0.1) is 0 Å². The number of hydrogen-bond acceptors (Lipinski definition) is 1. The van der Waals surface area contributed by atoms with Crippen molar-refractivity contribution in [2.75, 3.05) is 7.11 Å². The number of aryl methyl sites for hydroxylation is 1. The van der Waals surface area contributed by atoms with Gasteiger partial charge in [0.1, 0.15) is 5.75 Å². The van der Waals surface area contributed by atoms with Gasteiger partial charge in [-0.3, -0.25) is 0 Å². The Morgan fingerprint density at radius 2 is 1.89 bits per heavy atom. The molecular formula is C16H21BrO. The fourth-order valence-corrected chi connectivity index (χ4v) is 4.90. The lowest BCUT2D eigenvalue weighted by molar-refractivity contribution is 0.407. The number of halogens is 1.